The highest BCUT2D eigenvalue weighted by Crippen LogP contribution is 2.24. The number of hydrogen-bond acceptors (Lipinski definition) is 2. The second-order valence-corrected chi connectivity index (χ2v) is 5.31. The average Bonchev–Trinajstić information content (AvgIpc) is 2.61. The molecule has 0 radical (unpaired) electrons. The first-order valence-corrected chi connectivity index (χ1v) is 6.82. The Balaban J connectivity index is 2.29. The van der Waals surface area contributed by atoms with Crippen molar-refractivity contribution in [1.82, 2.24) is 15.1 Å². The maximum absolute atomic E-state index is 6.07. The van der Waals surface area contributed by atoms with Gasteiger partial charge in [0.15, 0.2) is 0 Å². The molecule has 1 heterocycles. The number of rotatable bonds is 4. The van der Waals surface area contributed by atoms with Crippen LogP contribution in [0.1, 0.15) is 28.6 Å². The van der Waals surface area contributed by atoms with Gasteiger partial charge in [-0.15, -0.1) is 0 Å². The van der Waals surface area contributed by atoms with Gasteiger partial charge < -0.3 is 5.32 Å². The first-order valence-electron chi connectivity index (χ1n) is 6.44. The Hall–Kier alpha value is -1.32. The molecule has 0 spiro atoms. The standard InChI is InChI=1S/C15H20ClN3/c1-10-14(11(2)19(4)18-10)9-15(17-3)12-6-5-7-13(16)8-12/h5-8,15,17H,9H2,1-4H3. The van der Waals surface area contributed by atoms with Crippen LogP contribution in [0.2, 0.25) is 5.02 Å². The fourth-order valence-corrected chi connectivity index (χ4v) is 2.63. The summed E-state index contributed by atoms with van der Waals surface area (Å²) in [6, 6.07) is 8.27. The molecule has 1 unspecified atom stereocenters. The van der Waals surface area contributed by atoms with Crippen molar-refractivity contribution in [1.29, 1.82) is 0 Å². The highest BCUT2D eigenvalue weighted by atomic mass is 35.5. The Morgan fingerprint density at radius 3 is 2.63 bits per heavy atom. The lowest BCUT2D eigenvalue weighted by Gasteiger charge is -2.17. The van der Waals surface area contributed by atoms with Crippen molar-refractivity contribution in [3.05, 3.63) is 51.8 Å². The average molecular weight is 278 g/mol. The van der Waals surface area contributed by atoms with E-state index in [9.17, 15) is 0 Å². The minimum atomic E-state index is 0.250. The Labute approximate surface area is 119 Å². The topological polar surface area (TPSA) is 29.9 Å². The van der Waals surface area contributed by atoms with Crippen molar-refractivity contribution in [3.8, 4) is 0 Å². The van der Waals surface area contributed by atoms with Gasteiger partial charge in [-0.3, -0.25) is 4.68 Å². The molecule has 19 heavy (non-hydrogen) atoms. The van der Waals surface area contributed by atoms with E-state index >= 15 is 0 Å². The van der Waals surface area contributed by atoms with E-state index < -0.39 is 0 Å². The van der Waals surface area contributed by atoms with E-state index in [2.05, 4.69) is 30.3 Å². The van der Waals surface area contributed by atoms with Gasteiger partial charge in [0.25, 0.3) is 0 Å². The molecule has 0 amide bonds. The smallest absolute Gasteiger partial charge is 0.0629 e. The van der Waals surface area contributed by atoms with Gasteiger partial charge in [-0.1, -0.05) is 23.7 Å². The van der Waals surface area contributed by atoms with Crippen LogP contribution in [-0.2, 0) is 13.5 Å². The number of benzene rings is 1. The number of nitrogens with zero attached hydrogens (tertiary/aromatic N) is 2. The minimum absolute atomic E-state index is 0.250. The van der Waals surface area contributed by atoms with Gasteiger partial charge in [0.1, 0.15) is 0 Å². The van der Waals surface area contributed by atoms with Crippen LogP contribution in [0, 0.1) is 13.8 Å². The summed E-state index contributed by atoms with van der Waals surface area (Å²) in [5, 5.41) is 8.61. The predicted molar refractivity (Wildman–Crippen MR) is 79.6 cm³/mol. The molecule has 1 N–H and O–H groups in total. The van der Waals surface area contributed by atoms with Crippen LogP contribution in [0.5, 0.6) is 0 Å². The Kier molecular flexibility index (Phi) is 4.27. The summed E-state index contributed by atoms with van der Waals surface area (Å²) in [6.07, 6.45) is 0.919. The van der Waals surface area contributed by atoms with Crippen molar-refractivity contribution >= 4 is 11.6 Å². The van der Waals surface area contributed by atoms with Crippen molar-refractivity contribution in [2.45, 2.75) is 26.3 Å². The molecule has 0 saturated heterocycles. The molecule has 2 rings (SSSR count). The van der Waals surface area contributed by atoms with E-state index in [1.807, 2.05) is 37.0 Å². The highest BCUT2D eigenvalue weighted by Gasteiger charge is 2.16. The molecule has 1 aromatic heterocycles. The van der Waals surface area contributed by atoms with Crippen LogP contribution in [0.25, 0.3) is 0 Å². The highest BCUT2D eigenvalue weighted by molar-refractivity contribution is 6.30. The second-order valence-electron chi connectivity index (χ2n) is 4.87. The number of aromatic nitrogens is 2. The summed E-state index contributed by atoms with van der Waals surface area (Å²) in [6.45, 7) is 4.17. The number of likely N-dealkylation sites (N-methyl/N-ethyl adjacent to an activating group) is 1. The SMILES string of the molecule is CNC(Cc1c(C)nn(C)c1C)c1cccc(Cl)c1. The van der Waals surface area contributed by atoms with E-state index in [0.29, 0.717) is 0 Å². The van der Waals surface area contributed by atoms with Gasteiger partial charge in [0.05, 0.1) is 5.69 Å². The first kappa shape index (κ1) is 14.1. The molecule has 0 fully saturated rings. The van der Waals surface area contributed by atoms with Gasteiger partial charge in [0, 0.05) is 23.8 Å². The van der Waals surface area contributed by atoms with Crippen LogP contribution in [0.4, 0.5) is 0 Å². The molecule has 4 heteroatoms. The summed E-state index contributed by atoms with van der Waals surface area (Å²) >= 11 is 6.07. The zero-order chi connectivity index (χ0) is 14.0. The Morgan fingerprint density at radius 1 is 1.37 bits per heavy atom. The van der Waals surface area contributed by atoms with E-state index in [-0.39, 0.29) is 6.04 Å². The lowest BCUT2D eigenvalue weighted by molar-refractivity contribution is 0.588. The zero-order valence-electron chi connectivity index (χ0n) is 11.9. The fourth-order valence-electron chi connectivity index (χ4n) is 2.43. The van der Waals surface area contributed by atoms with E-state index in [1.54, 1.807) is 0 Å². The maximum atomic E-state index is 6.07. The molecular formula is C15H20ClN3. The summed E-state index contributed by atoms with van der Waals surface area (Å²) in [4.78, 5) is 0. The fraction of sp³-hybridized carbons (Fsp3) is 0.400. The monoisotopic (exact) mass is 277 g/mol. The third-order valence-corrected chi connectivity index (χ3v) is 3.90. The second kappa shape index (κ2) is 5.76. The number of aryl methyl sites for hydroxylation is 2. The lowest BCUT2D eigenvalue weighted by Crippen LogP contribution is -2.19. The van der Waals surface area contributed by atoms with E-state index in [4.69, 9.17) is 11.6 Å². The van der Waals surface area contributed by atoms with Gasteiger partial charge in [-0.25, -0.2) is 0 Å². The molecule has 1 aromatic carbocycles. The molecule has 0 aliphatic heterocycles. The van der Waals surface area contributed by atoms with E-state index in [0.717, 1.165) is 17.1 Å². The van der Waals surface area contributed by atoms with Crippen LogP contribution in [-0.4, -0.2) is 16.8 Å². The summed E-state index contributed by atoms with van der Waals surface area (Å²) < 4.78 is 1.94. The molecular weight excluding hydrogens is 258 g/mol. The van der Waals surface area contributed by atoms with E-state index in [1.165, 1.54) is 16.8 Å². The third-order valence-electron chi connectivity index (χ3n) is 3.67. The van der Waals surface area contributed by atoms with Gasteiger partial charge in [-0.2, -0.15) is 5.10 Å². The third kappa shape index (κ3) is 2.99. The maximum Gasteiger partial charge on any atom is 0.0629 e. The van der Waals surface area contributed by atoms with Crippen molar-refractivity contribution in [2.24, 2.45) is 7.05 Å². The molecule has 3 nitrogen and oxygen atoms in total. The number of hydrogen-bond donors (Lipinski definition) is 1. The molecule has 1 atom stereocenters. The summed E-state index contributed by atoms with van der Waals surface area (Å²) in [5.41, 5.74) is 4.83. The predicted octanol–water partition coefficient (Wildman–Crippen LogP) is 3.19. The molecule has 0 aliphatic rings. The largest absolute Gasteiger partial charge is 0.313 e. The number of halogens is 1. The van der Waals surface area contributed by atoms with Crippen molar-refractivity contribution in [3.63, 3.8) is 0 Å². The van der Waals surface area contributed by atoms with Crippen molar-refractivity contribution < 1.29 is 0 Å². The van der Waals surface area contributed by atoms with Gasteiger partial charge in [0.2, 0.25) is 0 Å². The van der Waals surface area contributed by atoms with Crippen molar-refractivity contribution in [2.75, 3.05) is 7.05 Å². The molecule has 2 aromatic rings. The van der Waals surface area contributed by atoms with Crippen LogP contribution >= 0.6 is 11.6 Å². The summed E-state index contributed by atoms with van der Waals surface area (Å²) in [7, 11) is 3.96. The normalized spacial score (nSPS) is 12.7. The molecule has 0 bridgehead atoms. The quantitative estimate of drug-likeness (QED) is 0.930. The van der Waals surface area contributed by atoms with Crippen LogP contribution < -0.4 is 5.32 Å². The Morgan fingerprint density at radius 2 is 2.11 bits per heavy atom. The van der Waals surface area contributed by atoms with Crippen LogP contribution in [0.3, 0.4) is 0 Å². The summed E-state index contributed by atoms with van der Waals surface area (Å²) in [5.74, 6) is 0. The van der Waals surface area contributed by atoms with Gasteiger partial charge >= 0.3 is 0 Å². The first-order chi connectivity index (χ1) is 9.02. The lowest BCUT2D eigenvalue weighted by atomic mass is 9.98. The van der Waals surface area contributed by atoms with Crippen LogP contribution in [0.15, 0.2) is 24.3 Å². The molecule has 0 saturated carbocycles. The number of nitrogens with one attached hydrogen (secondary N) is 1. The van der Waals surface area contributed by atoms with Gasteiger partial charge in [-0.05, 0) is 50.6 Å². The molecule has 102 valence electrons. The molecule has 0 aliphatic carbocycles. The Bertz CT molecular complexity index is 575. The zero-order valence-corrected chi connectivity index (χ0v) is 12.6. The minimum Gasteiger partial charge on any atom is -0.313 e.